The van der Waals surface area contributed by atoms with Gasteiger partial charge in [-0.15, -0.1) is 5.10 Å². The third-order valence-electron chi connectivity index (χ3n) is 3.74. The van der Waals surface area contributed by atoms with Gasteiger partial charge in [-0.2, -0.15) is 10.2 Å². The minimum atomic E-state index is 0.439. The van der Waals surface area contributed by atoms with Gasteiger partial charge in [-0.05, 0) is 30.3 Å². The summed E-state index contributed by atoms with van der Waals surface area (Å²) in [5.74, 6) is 1.21. The number of nitriles is 1. The number of aromatic nitrogens is 5. The highest BCUT2D eigenvalue weighted by Crippen LogP contribution is 2.23. The Bertz CT molecular complexity index is 1110. The summed E-state index contributed by atoms with van der Waals surface area (Å²) in [6, 6.07) is 11.3. The molecule has 1 aromatic carbocycles. The lowest BCUT2D eigenvalue weighted by Crippen LogP contribution is -1.94. The van der Waals surface area contributed by atoms with Gasteiger partial charge in [-0.1, -0.05) is 0 Å². The van der Waals surface area contributed by atoms with Crippen LogP contribution in [-0.4, -0.2) is 31.7 Å². The zero-order chi connectivity index (χ0) is 17.9. The number of fused-ring (bicyclic) bond motifs is 1. The van der Waals surface area contributed by atoms with Crippen molar-refractivity contribution in [3.63, 3.8) is 0 Å². The van der Waals surface area contributed by atoms with Crippen molar-refractivity contribution < 1.29 is 4.74 Å². The maximum atomic E-state index is 9.07. The number of benzene rings is 1. The molecule has 0 aliphatic heterocycles. The lowest BCUT2D eigenvalue weighted by molar-refractivity contribution is 0.415. The highest BCUT2D eigenvalue weighted by atomic mass is 16.5. The van der Waals surface area contributed by atoms with Gasteiger partial charge >= 0.3 is 0 Å². The number of hydrogen-bond donors (Lipinski definition) is 1. The third-order valence-corrected chi connectivity index (χ3v) is 3.74. The van der Waals surface area contributed by atoms with Crippen LogP contribution in [0, 0.1) is 11.3 Å². The molecule has 0 aliphatic carbocycles. The summed E-state index contributed by atoms with van der Waals surface area (Å²) in [5, 5.41) is 16.6. The maximum Gasteiger partial charge on any atom is 0.247 e. The molecule has 0 amide bonds. The number of nitrogens with zero attached hydrogens (tertiary/aromatic N) is 6. The Balaban J connectivity index is 1.72. The Morgan fingerprint density at radius 1 is 1.19 bits per heavy atom. The second-order valence-electron chi connectivity index (χ2n) is 5.41. The number of ether oxygens (including phenoxy) is 1. The van der Waals surface area contributed by atoms with Crippen LogP contribution in [-0.2, 0) is 0 Å². The molecule has 26 heavy (non-hydrogen) atoms. The largest absolute Gasteiger partial charge is 0.497 e. The Hall–Kier alpha value is -3.99. The van der Waals surface area contributed by atoms with Crippen LogP contribution in [0.15, 0.2) is 55.1 Å². The first-order valence-electron chi connectivity index (χ1n) is 7.75. The van der Waals surface area contributed by atoms with E-state index in [4.69, 9.17) is 10.00 Å². The lowest BCUT2D eigenvalue weighted by atomic mass is 10.1. The Morgan fingerprint density at radius 3 is 2.81 bits per heavy atom. The van der Waals surface area contributed by atoms with Crippen LogP contribution in [0.4, 0.5) is 11.6 Å². The van der Waals surface area contributed by atoms with E-state index >= 15 is 0 Å². The van der Waals surface area contributed by atoms with Crippen molar-refractivity contribution in [2.45, 2.75) is 0 Å². The molecule has 0 bridgehead atoms. The molecular formula is C18H13N7O. The van der Waals surface area contributed by atoms with Gasteiger partial charge in [0.2, 0.25) is 5.95 Å². The summed E-state index contributed by atoms with van der Waals surface area (Å²) < 4.78 is 6.78. The van der Waals surface area contributed by atoms with E-state index in [0.29, 0.717) is 28.4 Å². The number of pyridine rings is 1. The van der Waals surface area contributed by atoms with Crippen molar-refractivity contribution in [1.29, 1.82) is 5.26 Å². The normalized spacial score (nSPS) is 10.5. The van der Waals surface area contributed by atoms with Gasteiger partial charge in [0.15, 0.2) is 5.65 Å². The van der Waals surface area contributed by atoms with Crippen molar-refractivity contribution in [2.75, 3.05) is 12.4 Å². The van der Waals surface area contributed by atoms with Crippen molar-refractivity contribution in [1.82, 2.24) is 24.6 Å². The second kappa shape index (κ2) is 6.49. The number of nitrogens with one attached hydrogen (secondary N) is 1. The molecule has 0 fully saturated rings. The molecule has 3 aromatic heterocycles. The average Bonchev–Trinajstić information content (AvgIpc) is 3.11. The van der Waals surface area contributed by atoms with E-state index in [0.717, 1.165) is 11.4 Å². The summed E-state index contributed by atoms with van der Waals surface area (Å²) in [6.45, 7) is 0. The summed E-state index contributed by atoms with van der Waals surface area (Å²) in [7, 11) is 1.62. The monoisotopic (exact) mass is 343 g/mol. The van der Waals surface area contributed by atoms with Crippen molar-refractivity contribution in [3.05, 3.63) is 60.7 Å². The first-order chi connectivity index (χ1) is 12.8. The molecule has 0 saturated carbocycles. The van der Waals surface area contributed by atoms with Gasteiger partial charge in [-0.25, -0.2) is 4.52 Å². The van der Waals surface area contributed by atoms with Crippen LogP contribution in [0.2, 0.25) is 0 Å². The molecule has 3 heterocycles. The minimum absolute atomic E-state index is 0.439. The number of hydrogen-bond acceptors (Lipinski definition) is 7. The highest BCUT2D eigenvalue weighted by Gasteiger charge is 2.12. The molecule has 0 spiro atoms. The van der Waals surface area contributed by atoms with E-state index in [1.807, 2.05) is 24.3 Å². The van der Waals surface area contributed by atoms with Gasteiger partial charge < -0.3 is 10.1 Å². The van der Waals surface area contributed by atoms with Crippen LogP contribution in [0.3, 0.4) is 0 Å². The van der Waals surface area contributed by atoms with E-state index in [2.05, 4.69) is 31.4 Å². The number of anilines is 2. The Labute approximate surface area is 148 Å². The van der Waals surface area contributed by atoms with Gasteiger partial charge in [0, 0.05) is 36.0 Å². The smallest absolute Gasteiger partial charge is 0.247 e. The van der Waals surface area contributed by atoms with E-state index in [9.17, 15) is 0 Å². The molecule has 4 aromatic rings. The summed E-state index contributed by atoms with van der Waals surface area (Å²) in [5.41, 5.74) is 3.18. The first-order valence-corrected chi connectivity index (χ1v) is 7.75. The number of methoxy groups -OCH3 is 1. The van der Waals surface area contributed by atoms with Gasteiger partial charge in [0.1, 0.15) is 17.5 Å². The van der Waals surface area contributed by atoms with Gasteiger partial charge in [0.25, 0.3) is 0 Å². The Morgan fingerprint density at radius 2 is 2.04 bits per heavy atom. The molecule has 8 nitrogen and oxygen atoms in total. The first kappa shape index (κ1) is 15.5. The zero-order valence-electron chi connectivity index (χ0n) is 13.8. The van der Waals surface area contributed by atoms with E-state index in [1.54, 1.807) is 36.3 Å². The van der Waals surface area contributed by atoms with Gasteiger partial charge in [-0.3, -0.25) is 9.97 Å². The standard InChI is InChI=1S/C18H13N7O/c1-26-15-4-2-14(3-5-15)22-18-23-17-16(21-6-7-25(17)24-18)13-8-12(9-19)10-20-11-13/h2-8,10-11H,1H3,(H,22,24). The van der Waals surface area contributed by atoms with E-state index < -0.39 is 0 Å². The lowest BCUT2D eigenvalue weighted by Gasteiger charge is -2.03. The van der Waals surface area contributed by atoms with Crippen molar-refractivity contribution in [3.8, 4) is 23.1 Å². The maximum absolute atomic E-state index is 9.07. The molecule has 126 valence electrons. The topological polar surface area (TPSA) is 101 Å². The van der Waals surface area contributed by atoms with E-state index in [-0.39, 0.29) is 0 Å². The summed E-state index contributed by atoms with van der Waals surface area (Å²) in [4.78, 5) is 13.0. The predicted molar refractivity (Wildman–Crippen MR) is 95.0 cm³/mol. The summed E-state index contributed by atoms with van der Waals surface area (Å²) >= 11 is 0. The van der Waals surface area contributed by atoms with Crippen molar-refractivity contribution in [2.24, 2.45) is 0 Å². The molecule has 0 unspecified atom stereocenters. The second-order valence-corrected chi connectivity index (χ2v) is 5.41. The Kier molecular flexibility index (Phi) is 3.88. The van der Waals surface area contributed by atoms with Crippen molar-refractivity contribution >= 4 is 17.3 Å². The molecule has 4 rings (SSSR count). The highest BCUT2D eigenvalue weighted by molar-refractivity contribution is 5.74. The minimum Gasteiger partial charge on any atom is -0.497 e. The predicted octanol–water partition coefficient (Wildman–Crippen LogP) is 2.81. The molecule has 0 atom stereocenters. The van der Waals surface area contributed by atoms with Crippen LogP contribution in [0.1, 0.15) is 5.56 Å². The third kappa shape index (κ3) is 2.89. The van der Waals surface area contributed by atoms with Gasteiger partial charge in [0.05, 0.1) is 12.7 Å². The fourth-order valence-corrected chi connectivity index (χ4v) is 2.51. The summed E-state index contributed by atoms with van der Waals surface area (Å²) in [6.07, 6.45) is 6.50. The quantitative estimate of drug-likeness (QED) is 0.608. The average molecular weight is 343 g/mol. The van der Waals surface area contributed by atoms with Crippen LogP contribution in [0.25, 0.3) is 16.9 Å². The zero-order valence-corrected chi connectivity index (χ0v) is 13.8. The molecular weight excluding hydrogens is 330 g/mol. The number of rotatable bonds is 4. The fraction of sp³-hybridized carbons (Fsp3) is 0.0556. The van der Waals surface area contributed by atoms with Crippen LogP contribution < -0.4 is 10.1 Å². The van der Waals surface area contributed by atoms with Crippen LogP contribution >= 0.6 is 0 Å². The fourth-order valence-electron chi connectivity index (χ4n) is 2.51. The molecule has 0 saturated heterocycles. The molecule has 1 N–H and O–H groups in total. The molecule has 0 radical (unpaired) electrons. The molecule has 8 heteroatoms. The van der Waals surface area contributed by atoms with E-state index in [1.165, 1.54) is 6.20 Å². The SMILES string of the molecule is COc1ccc(Nc2nc3c(-c4cncc(C#N)c4)nccn3n2)cc1. The van der Waals surface area contributed by atoms with Crippen LogP contribution in [0.5, 0.6) is 5.75 Å². The molecule has 0 aliphatic rings.